The number of allylic oxidation sites excluding steroid dienone is 2. The van der Waals surface area contributed by atoms with Gasteiger partial charge in [0.2, 0.25) is 0 Å². The molecule has 0 aliphatic heterocycles. The summed E-state index contributed by atoms with van der Waals surface area (Å²) in [5, 5.41) is 1.51. The quantitative estimate of drug-likeness (QED) is 0.411. The van der Waals surface area contributed by atoms with E-state index in [9.17, 15) is 4.39 Å². The Balaban J connectivity index is 2.40. The third kappa shape index (κ3) is 3.24. The number of rotatable bonds is 3. The van der Waals surface area contributed by atoms with E-state index in [-0.39, 0.29) is 16.1 Å². The van der Waals surface area contributed by atoms with Crippen molar-refractivity contribution in [3.8, 4) is 23.5 Å². The van der Waals surface area contributed by atoms with E-state index in [0.29, 0.717) is 16.5 Å². The average molecular weight is 381 g/mol. The van der Waals surface area contributed by atoms with E-state index >= 15 is 4.39 Å². The van der Waals surface area contributed by atoms with Crippen LogP contribution in [0.3, 0.4) is 0 Å². The van der Waals surface area contributed by atoms with Gasteiger partial charge in [0.1, 0.15) is 11.6 Å². The lowest BCUT2D eigenvalue weighted by atomic mass is 9.90. The normalized spacial score (nSPS) is 11.7. The van der Waals surface area contributed by atoms with Gasteiger partial charge in [-0.25, -0.2) is 8.78 Å². The number of benzene rings is 3. The van der Waals surface area contributed by atoms with Crippen LogP contribution in [0.1, 0.15) is 37.0 Å². The van der Waals surface area contributed by atoms with Crippen molar-refractivity contribution in [2.75, 3.05) is 0 Å². The Morgan fingerprint density at radius 2 is 1.96 bits per heavy atom. The molecule has 0 radical (unpaired) electrons. The molecule has 0 bridgehead atoms. The third-order valence-electron chi connectivity index (χ3n) is 4.81. The van der Waals surface area contributed by atoms with E-state index < -0.39 is 11.6 Å². The van der Waals surface area contributed by atoms with Gasteiger partial charge in [0.15, 0.2) is 0 Å². The fraction of sp³-hybridized carbons (Fsp3) is 0.167. The Hall–Kier alpha value is -2.63. The van der Waals surface area contributed by atoms with Crippen LogP contribution < -0.4 is 0 Å². The monoisotopic (exact) mass is 380 g/mol. The number of hydrogen-bond donors (Lipinski definition) is 0. The molecule has 0 aliphatic carbocycles. The van der Waals surface area contributed by atoms with E-state index in [2.05, 4.69) is 5.92 Å². The Bertz CT molecular complexity index is 1120. The zero-order valence-corrected chi connectivity index (χ0v) is 16.2. The number of halogens is 3. The molecular weight excluding hydrogens is 362 g/mol. The Kier molecular flexibility index (Phi) is 5.35. The Labute approximate surface area is 163 Å². The number of hydrogen-bond acceptors (Lipinski definition) is 0. The summed E-state index contributed by atoms with van der Waals surface area (Å²) in [6.45, 7) is 5.69. The second-order valence-electron chi connectivity index (χ2n) is 6.49. The maximum atomic E-state index is 15.4. The molecule has 0 N–H and O–H groups in total. The van der Waals surface area contributed by atoms with Crippen molar-refractivity contribution in [1.82, 2.24) is 0 Å². The maximum Gasteiger partial charge on any atom is 0.139 e. The van der Waals surface area contributed by atoms with E-state index in [1.54, 1.807) is 31.2 Å². The molecule has 0 saturated heterocycles. The molecule has 0 unspecified atom stereocenters. The predicted molar refractivity (Wildman–Crippen MR) is 111 cm³/mol. The highest BCUT2D eigenvalue weighted by atomic mass is 35.5. The SMILES string of the molecule is C#Cc1c(F)ccc2cccc(-c3c(Cl)cc(/C(C)=C\CC)c(C)c3F)c12. The highest BCUT2D eigenvalue weighted by Gasteiger charge is 2.20. The molecule has 3 rings (SSSR count). The van der Waals surface area contributed by atoms with Gasteiger partial charge in [-0.3, -0.25) is 0 Å². The maximum absolute atomic E-state index is 15.4. The van der Waals surface area contributed by atoms with Crippen molar-refractivity contribution >= 4 is 27.9 Å². The lowest BCUT2D eigenvalue weighted by molar-refractivity contribution is 0.621. The van der Waals surface area contributed by atoms with E-state index in [4.69, 9.17) is 18.0 Å². The summed E-state index contributed by atoms with van der Waals surface area (Å²) in [6.07, 6.45) is 8.42. The van der Waals surface area contributed by atoms with Crippen LogP contribution in [-0.2, 0) is 0 Å². The summed E-state index contributed by atoms with van der Waals surface area (Å²) >= 11 is 6.51. The molecule has 3 aromatic rings. The molecule has 0 saturated carbocycles. The van der Waals surface area contributed by atoms with Gasteiger partial charge in [0.25, 0.3) is 0 Å². The molecule has 0 atom stereocenters. The number of terminal acetylenes is 1. The highest BCUT2D eigenvalue weighted by molar-refractivity contribution is 6.34. The molecule has 0 fully saturated rings. The van der Waals surface area contributed by atoms with Crippen LogP contribution in [0.25, 0.3) is 27.5 Å². The first-order valence-electron chi connectivity index (χ1n) is 8.74. The Morgan fingerprint density at radius 1 is 1.22 bits per heavy atom. The molecular formula is C24H19ClF2. The van der Waals surface area contributed by atoms with Gasteiger partial charge in [-0.15, -0.1) is 6.42 Å². The zero-order chi connectivity index (χ0) is 19.7. The average Bonchev–Trinajstić information content (AvgIpc) is 2.65. The summed E-state index contributed by atoms with van der Waals surface area (Å²) in [7, 11) is 0. The van der Waals surface area contributed by atoms with E-state index in [1.165, 1.54) is 6.07 Å². The van der Waals surface area contributed by atoms with Crippen LogP contribution in [0.5, 0.6) is 0 Å². The topological polar surface area (TPSA) is 0 Å². The van der Waals surface area contributed by atoms with E-state index in [1.807, 2.05) is 26.0 Å². The van der Waals surface area contributed by atoms with Crippen molar-refractivity contribution in [3.63, 3.8) is 0 Å². The molecule has 27 heavy (non-hydrogen) atoms. The molecule has 3 aromatic carbocycles. The minimum atomic E-state index is -0.510. The van der Waals surface area contributed by atoms with Gasteiger partial charge in [-0.1, -0.05) is 54.8 Å². The van der Waals surface area contributed by atoms with Crippen LogP contribution in [0, 0.1) is 30.9 Å². The first-order chi connectivity index (χ1) is 12.9. The summed E-state index contributed by atoms with van der Waals surface area (Å²) in [5.41, 5.74) is 3.10. The van der Waals surface area contributed by atoms with Gasteiger partial charge < -0.3 is 0 Å². The molecule has 0 spiro atoms. The van der Waals surface area contributed by atoms with Crippen molar-refractivity contribution in [2.45, 2.75) is 27.2 Å². The third-order valence-corrected chi connectivity index (χ3v) is 5.10. The van der Waals surface area contributed by atoms with Crippen LogP contribution in [0.15, 0.2) is 42.5 Å². The molecule has 3 heteroatoms. The fourth-order valence-corrected chi connectivity index (χ4v) is 3.79. The minimum absolute atomic E-state index is 0.113. The van der Waals surface area contributed by atoms with Crippen molar-refractivity contribution < 1.29 is 8.78 Å². The van der Waals surface area contributed by atoms with Gasteiger partial charge in [0.05, 0.1) is 10.6 Å². The lowest BCUT2D eigenvalue weighted by Gasteiger charge is -2.16. The summed E-state index contributed by atoms with van der Waals surface area (Å²) < 4.78 is 29.7. The van der Waals surface area contributed by atoms with Gasteiger partial charge >= 0.3 is 0 Å². The largest absolute Gasteiger partial charge is 0.206 e. The summed E-state index contributed by atoms with van der Waals surface area (Å²) in [6, 6.07) is 10.1. The number of fused-ring (bicyclic) bond motifs is 1. The van der Waals surface area contributed by atoms with Crippen molar-refractivity contribution in [3.05, 3.63) is 75.8 Å². The second kappa shape index (κ2) is 7.55. The van der Waals surface area contributed by atoms with Gasteiger partial charge in [0, 0.05) is 10.9 Å². The van der Waals surface area contributed by atoms with Crippen molar-refractivity contribution in [1.29, 1.82) is 0 Å². The summed E-state index contributed by atoms with van der Waals surface area (Å²) in [5.74, 6) is 1.47. The first kappa shape index (κ1) is 19.1. The van der Waals surface area contributed by atoms with Crippen LogP contribution in [0.2, 0.25) is 5.02 Å². The van der Waals surface area contributed by atoms with E-state index in [0.717, 1.165) is 22.9 Å². The van der Waals surface area contributed by atoms with Gasteiger partial charge in [-0.2, -0.15) is 0 Å². The minimum Gasteiger partial charge on any atom is -0.206 e. The lowest BCUT2D eigenvalue weighted by Crippen LogP contribution is -1.98. The fourth-order valence-electron chi connectivity index (χ4n) is 3.49. The molecule has 0 aliphatic rings. The predicted octanol–water partition coefficient (Wildman–Crippen LogP) is 7.54. The molecule has 0 aromatic heterocycles. The smallest absolute Gasteiger partial charge is 0.139 e. The van der Waals surface area contributed by atoms with Crippen LogP contribution in [-0.4, -0.2) is 0 Å². The molecule has 0 nitrogen and oxygen atoms in total. The summed E-state index contributed by atoms with van der Waals surface area (Å²) in [4.78, 5) is 0. The molecule has 136 valence electrons. The first-order valence-corrected chi connectivity index (χ1v) is 9.12. The Morgan fingerprint density at radius 3 is 2.63 bits per heavy atom. The van der Waals surface area contributed by atoms with Crippen LogP contribution in [0.4, 0.5) is 8.78 Å². The molecule has 0 heterocycles. The molecule has 0 amide bonds. The van der Waals surface area contributed by atoms with Crippen molar-refractivity contribution in [2.24, 2.45) is 0 Å². The van der Waals surface area contributed by atoms with Gasteiger partial charge in [-0.05, 0) is 60.1 Å². The highest BCUT2D eigenvalue weighted by Crippen LogP contribution is 2.40. The second-order valence-corrected chi connectivity index (χ2v) is 6.89. The zero-order valence-electron chi connectivity index (χ0n) is 15.5. The standard InChI is InChI=1S/C24H19ClF2/c1-5-8-14(3)19-13-20(25)23(24(27)15(19)4)18-10-7-9-16-11-12-21(26)17(6-2)22(16)18/h2,7-13H,5H2,1,3-4H3/b14-8-. The van der Waals surface area contributed by atoms with Crippen LogP contribution >= 0.6 is 11.6 Å².